The first kappa shape index (κ1) is 25.7. The number of nitrogens with one attached hydrogen (secondary N) is 3. The molecule has 3 heterocycles. The van der Waals surface area contributed by atoms with Crippen molar-refractivity contribution in [3.8, 4) is 22.4 Å². The number of benzene rings is 2. The summed E-state index contributed by atoms with van der Waals surface area (Å²) in [5.41, 5.74) is 3.92. The molecule has 0 unspecified atom stereocenters. The van der Waals surface area contributed by atoms with Gasteiger partial charge < -0.3 is 16.0 Å². The number of aryl methyl sites for hydroxylation is 1. The van der Waals surface area contributed by atoms with E-state index in [-0.39, 0.29) is 11.1 Å². The summed E-state index contributed by atoms with van der Waals surface area (Å²) in [5.74, 6) is 0.436. The minimum atomic E-state index is -0.419. The Morgan fingerprint density at radius 2 is 1.69 bits per heavy atom. The van der Waals surface area contributed by atoms with E-state index in [9.17, 15) is 9.59 Å². The van der Waals surface area contributed by atoms with Crippen molar-refractivity contribution in [3.05, 3.63) is 83.4 Å². The summed E-state index contributed by atoms with van der Waals surface area (Å²) < 4.78 is 3.34. The van der Waals surface area contributed by atoms with Gasteiger partial charge in [-0.1, -0.05) is 42.5 Å². The molecule has 0 spiro atoms. The second-order valence-corrected chi connectivity index (χ2v) is 10.2. The molecule has 0 saturated heterocycles. The van der Waals surface area contributed by atoms with Gasteiger partial charge in [0.15, 0.2) is 0 Å². The fraction of sp³-hybridized carbons (Fsp3) is 0.207. The van der Waals surface area contributed by atoms with Gasteiger partial charge in [0.1, 0.15) is 11.3 Å². The lowest BCUT2D eigenvalue weighted by Crippen LogP contribution is -2.22. The maximum Gasteiger partial charge on any atom is 0.323 e. The first-order valence-corrected chi connectivity index (χ1v) is 12.5. The molecule has 0 atom stereocenters. The molecule has 5 aromatic rings. The number of rotatable bonds is 5. The predicted octanol–water partition coefficient (Wildman–Crippen LogP) is 5.30. The molecule has 3 aromatic heterocycles. The van der Waals surface area contributed by atoms with Crippen molar-refractivity contribution >= 4 is 34.4 Å². The predicted molar refractivity (Wildman–Crippen MR) is 155 cm³/mol. The van der Waals surface area contributed by atoms with Gasteiger partial charge in [0.2, 0.25) is 5.95 Å². The Morgan fingerprint density at radius 3 is 2.41 bits per heavy atom. The number of urea groups is 1. The van der Waals surface area contributed by atoms with Gasteiger partial charge in [-0.2, -0.15) is 10.1 Å². The van der Waals surface area contributed by atoms with Gasteiger partial charge >= 0.3 is 6.03 Å². The van der Waals surface area contributed by atoms with Crippen molar-refractivity contribution in [1.29, 1.82) is 0 Å². The smallest absolute Gasteiger partial charge is 0.323 e. The van der Waals surface area contributed by atoms with Crippen LogP contribution in [-0.2, 0) is 12.6 Å². The minimum absolute atomic E-state index is 0.202. The minimum Gasteiger partial charge on any atom is -0.357 e. The van der Waals surface area contributed by atoms with E-state index in [0.717, 1.165) is 10.9 Å². The molecule has 0 bridgehead atoms. The number of carbonyl (C=O) groups is 1. The molecule has 0 aliphatic carbocycles. The monoisotopic (exact) mass is 522 g/mol. The summed E-state index contributed by atoms with van der Waals surface area (Å²) in [4.78, 5) is 34.9. The lowest BCUT2D eigenvalue weighted by atomic mass is 10.1. The SMILES string of the molecule is CNc1ncc2cc(-c3cccc(NC(=O)Nc4cn(C(C)(C)C)nc4-c4ccccc4)c3)c(=O)n(C)c2n1. The van der Waals surface area contributed by atoms with Crippen molar-refractivity contribution in [3.63, 3.8) is 0 Å². The van der Waals surface area contributed by atoms with Crippen LogP contribution in [0.1, 0.15) is 20.8 Å². The van der Waals surface area contributed by atoms with E-state index in [1.165, 1.54) is 4.57 Å². The van der Waals surface area contributed by atoms with Crippen LogP contribution in [0.2, 0.25) is 0 Å². The summed E-state index contributed by atoms with van der Waals surface area (Å²) in [7, 11) is 3.40. The first-order chi connectivity index (χ1) is 18.6. The molecular weight excluding hydrogens is 492 g/mol. The van der Waals surface area contributed by atoms with Crippen LogP contribution in [0.3, 0.4) is 0 Å². The first-order valence-electron chi connectivity index (χ1n) is 12.5. The van der Waals surface area contributed by atoms with E-state index < -0.39 is 6.03 Å². The molecule has 0 saturated carbocycles. The van der Waals surface area contributed by atoms with Crippen molar-refractivity contribution in [2.75, 3.05) is 23.0 Å². The summed E-state index contributed by atoms with van der Waals surface area (Å²) in [6, 6.07) is 18.2. The lowest BCUT2D eigenvalue weighted by Gasteiger charge is -2.18. The van der Waals surface area contributed by atoms with Gasteiger partial charge in [-0.15, -0.1) is 0 Å². The molecular formula is C29H30N8O2. The van der Waals surface area contributed by atoms with Crippen LogP contribution in [0.25, 0.3) is 33.4 Å². The van der Waals surface area contributed by atoms with E-state index in [1.807, 2.05) is 68.0 Å². The molecule has 0 fully saturated rings. The Balaban J connectivity index is 1.43. The molecule has 0 aliphatic rings. The third kappa shape index (κ3) is 5.22. The molecule has 5 rings (SSSR count). The van der Waals surface area contributed by atoms with E-state index in [1.54, 1.807) is 44.6 Å². The number of hydrogen-bond donors (Lipinski definition) is 3. The summed E-state index contributed by atoms with van der Waals surface area (Å²) in [6.07, 6.45) is 3.51. The van der Waals surface area contributed by atoms with E-state index in [2.05, 4.69) is 25.9 Å². The maximum atomic E-state index is 13.2. The van der Waals surface area contributed by atoms with Gasteiger partial charge in [-0.05, 0) is 44.5 Å². The molecule has 10 nitrogen and oxygen atoms in total. The third-order valence-corrected chi connectivity index (χ3v) is 6.30. The van der Waals surface area contributed by atoms with Crippen LogP contribution in [-0.4, -0.2) is 37.4 Å². The number of amides is 2. The number of pyridine rings is 1. The van der Waals surface area contributed by atoms with Gasteiger partial charge in [0, 0.05) is 48.7 Å². The molecule has 10 heteroatoms. The van der Waals surface area contributed by atoms with E-state index in [4.69, 9.17) is 5.10 Å². The molecule has 2 aromatic carbocycles. The summed E-state index contributed by atoms with van der Waals surface area (Å²) >= 11 is 0. The fourth-order valence-electron chi connectivity index (χ4n) is 4.24. The van der Waals surface area contributed by atoms with Gasteiger partial charge in [0.05, 0.1) is 11.2 Å². The molecule has 0 aliphatic heterocycles. The Bertz CT molecular complexity index is 1730. The quantitative estimate of drug-likeness (QED) is 0.288. The van der Waals surface area contributed by atoms with E-state index in [0.29, 0.717) is 39.8 Å². The average molecular weight is 523 g/mol. The summed E-state index contributed by atoms with van der Waals surface area (Å²) in [5, 5.41) is 14.2. The number of fused-ring (bicyclic) bond motifs is 1. The Morgan fingerprint density at radius 1 is 0.949 bits per heavy atom. The number of carbonyl (C=O) groups excluding carboxylic acids is 1. The number of anilines is 3. The van der Waals surface area contributed by atoms with Crippen LogP contribution in [0.4, 0.5) is 22.1 Å². The van der Waals surface area contributed by atoms with Crippen molar-refractivity contribution < 1.29 is 4.79 Å². The zero-order valence-corrected chi connectivity index (χ0v) is 22.5. The van der Waals surface area contributed by atoms with Crippen molar-refractivity contribution in [2.24, 2.45) is 7.05 Å². The zero-order chi connectivity index (χ0) is 27.7. The van der Waals surface area contributed by atoms with Gasteiger partial charge in [0.25, 0.3) is 5.56 Å². The number of nitrogens with zero attached hydrogens (tertiary/aromatic N) is 5. The maximum absolute atomic E-state index is 13.2. The van der Waals surface area contributed by atoms with Crippen LogP contribution in [0, 0.1) is 0 Å². The van der Waals surface area contributed by atoms with E-state index >= 15 is 0 Å². The largest absolute Gasteiger partial charge is 0.357 e. The van der Waals surface area contributed by atoms with Crippen LogP contribution in [0.15, 0.2) is 77.9 Å². The van der Waals surface area contributed by atoms with Crippen LogP contribution in [0.5, 0.6) is 0 Å². The topological polar surface area (TPSA) is 119 Å². The second-order valence-electron chi connectivity index (χ2n) is 10.2. The molecule has 198 valence electrons. The number of hydrogen-bond acceptors (Lipinski definition) is 6. The highest BCUT2D eigenvalue weighted by atomic mass is 16.2. The van der Waals surface area contributed by atoms with Gasteiger partial charge in [-0.3, -0.25) is 14.0 Å². The highest BCUT2D eigenvalue weighted by molar-refractivity contribution is 6.02. The Kier molecular flexibility index (Phi) is 6.61. The molecule has 0 radical (unpaired) electrons. The van der Waals surface area contributed by atoms with Crippen molar-refractivity contribution in [2.45, 2.75) is 26.3 Å². The Hall–Kier alpha value is -4.99. The molecule has 2 amide bonds. The highest BCUT2D eigenvalue weighted by Crippen LogP contribution is 2.29. The average Bonchev–Trinajstić information content (AvgIpc) is 3.35. The molecule has 3 N–H and O–H groups in total. The standard InChI is InChI=1S/C29H30N8O2/c1-29(2,3)37-17-23(24(35-37)18-10-7-6-8-11-18)33-28(39)32-21-13-9-12-19(14-21)22-15-20-16-31-27(30-4)34-25(20)36(5)26(22)38/h6-17H,1-5H3,(H,30,31,34)(H2,32,33,39). The fourth-order valence-corrected chi connectivity index (χ4v) is 4.24. The third-order valence-electron chi connectivity index (χ3n) is 6.30. The number of aromatic nitrogens is 5. The zero-order valence-electron chi connectivity index (χ0n) is 22.5. The lowest BCUT2D eigenvalue weighted by molar-refractivity contribution is 0.262. The van der Waals surface area contributed by atoms with Crippen LogP contribution < -0.4 is 21.5 Å². The highest BCUT2D eigenvalue weighted by Gasteiger charge is 2.20. The Labute approximate surface area is 225 Å². The van der Waals surface area contributed by atoms with Crippen molar-refractivity contribution in [1.82, 2.24) is 24.3 Å². The summed E-state index contributed by atoms with van der Waals surface area (Å²) in [6.45, 7) is 6.15. The normalized spacial score (nSPS) is 11.4. The second kappa shape index (κ2) is 10.1. The molecule has 39 heavy (non-hydrogen) atoms. The van der Waals surface area contributed by atoms with Crippen LogP contribution >= 0.6 is 0 Å². The van der Waals surface area contributed by atoms with Gasteiger partial charge in [-0.25, -0.2) is 9.78 Å².